The van der Waals surface area contributed by atoms with Crippen LogP contribution in [0.2, 0.25) is 0 Å². The quantitative estimate of drug-likeness (QED) is 0.223. The molecule has 2 N–H and O–H groups in total. The normalized spacial score (nSPS) is 11.0. The second kappa shape index (κ2) is 13.8. The SMILES string of the molecule is CCNC(=NCCCc1ccc(OC)cc1)NCCc1ncc(CC)s1.I. The number of thiazole rings is 1. The van der Waals surface area contributed by atoms with Crippen molar-refractivity contribution in [2.45, 2.75) is 39.5 Å². The molecule has 1 heterocycles. The molecule has 0 bridgehead atoms. The Labute approximate surface area is 184 Å². The van der Waals surface area contributed by atoms with E-state index in [2.05, 4.69) is 46.6 Å². The average Bonchev–Trinajstić information content (AvgIpc) is 3.13. The predicted molar refractivity (Wildman–Crippen MR) is 126 cm³/mol. The van der Waals surface area contributed by atoms with Gasteiger partial charge in [0.25, 0.3) is 0 Å². The Morgan fingerprint density at radius 1 is 1.15 bits per heavy atom. The molecule has 0 amide bonds. The minimum Gasteiger partial charge on any atom is -0.497 e. The highest BCUT2D eigenvalue weighted by atomic mass is 127. The van der Waals surface area contributed by atoms with E-state index in [1.54, 1.807) is 18.4 Å². The summed E-state index contributed by atoms with van der Waals surface area (Å²) in [6.07, 6.45) is 6.02. The van der Waals surface area contributed by atoms with Gasteiger partial charge in [0.2, 0.25) is 0 Å². The Morgan fingerprint density at radius 3 is 2.56 bits per heavy atom. The van der Waals surface area contributed by atoms with Gasteiger partial charge in [-0.1, -0.05) is 19.1 Å². The first-order chi connectivity index (χ1) is 12.7. The highest BCUT2D eigenvalue weighted by molar-refractivity contribution is 14.0. The van der Waals surface area contributed by atoms with Gasteiger partial charge in [-0.05, 0) is 43.9 Å². The summed E-state index contributed by atoms with van der Waals surface area (Å²) in [5.74, 6) is 1.78. The minimum atomic E-state index is 0. The fourth-order valence-electron chi connectivity index (χ4n) is 2.52. The van der Waals surface area contributed by atoms with Gasteiger partial charge in [0.15, 0.2) is 5.96 Å². The zero-order valence-electron chi connectivity index (χ0n) is 16.5. The molecule has 2 rings (SSSR count). The molecule has 2 aromatic rings. The van der Waals surface area contributed by atoms with Crippen LogP contribution in [0.1, 0.15) is 35.7 Å². The van der Waals surface area contributed by atoms with E-state index in [0.29, 0.717) is 0 Å². The summed E-state index contributed by atoms with van der Waals surface area (Å²) in [5.41, 5.74) is 1.31. The highest BCUT2D eigenvalue weighted by Crippen LogP contribution is 2.13. The number of benzene rings is 1. The molecule has 0 unspecified atom stereocenters. The number of halogens is 1. The van der Waals surface area contributed by atoms with Gasteiger partial charge in [0.1, 0.15) is 5.75 Å². The number of nitrogens with zero attached hydrogens (tertiary/aromatic N) is 2. The van der Waals surface area contributed by atoms with Crippen LogP contribution in [0, 0.1) is 0 Å². The van der Waals surface area contributed by atoms with Crippen molar-refractivity contribution >= 4 is 41.3 Å². The van der Waals surface area contributed by atoms with Crippen molar-refractivity contribution in [2.75, 3.05) is 26.7 Å². The van der Waals surface area contributed by atoms with Gasteiger partial charge < -0.3 is 15.4 Å². The number of ether oxygens (including phenoxy) is 1. The summed E-state index contributed by atoms with van der Waals surface area (Å²) in [5, 5.41) is 7.89. The lowest BCUT2D eigenvalue weighted by atomic mass is 10.1. The van der Waals surface area contributed by atoms with Crippen LogP contribution >= 0.6 is 35.3 Å². The van der Waals surface area contributed by atoms with Crippen molar-refractivity contribution in [2.24, 2.45) is 4.99 Å². The van der Waals surface area contributed by atoms with E-state index in [4.69, 9.17) is 4.74 Å². The first-order valence-corrected chi connectivity index (χ1v) is 10.2. The molecule has 0 saturated heterocycles. The molecule has 0 aliphatic carbocycles. The molecular weight excluding hydrogens is 471 g/mol. The fraction of sp³-hybridized carbons (Fsp3) is 0.500. The minimum absolute atomic E-state index is 0. The van der Waals surface area contributed by atoms with Crippen LogP contribution in [-0.2, 0) is 19.3 Å². The van der Waals surface area contributed by atoms with E-state index in [9.17, 15) is 0 Å². The standard InChI is InChI=1S/C20H30N4OS.HI/c1-4-18-15-24-19(26-18)12-14-23-20(21-5-2)22-13-6-7-16-8-10-17(25-3)11-9-16;/h8-11,15H,4-7,12-14H2,1-3H3,(H2,21,22,23);1H. The lowest BCUT2D eigenvalue weighted by Crippen LogP contribution is -2.38. The molecular formula is C20H31IN4OS. The molecule has 27 heavy (non-hydrogen) atoms. The van der Waals surface area contributed by atoms with Crippen LogP contribution in [0.15, 0.2) is 35.5 Å². The van der Waals surface area contributed by atoms with Crippen LogP contribution < -0.4 is 15.4 Å². The number of aliphatic imine (C=N–C) groups is 1. The molecule has 0 atom stereocenters. The van der Waals surface area contributed by atoms with E-state index >= 15 is 0 Å². The summed E-state index contributed by atoms with van der Waals surface area (Å²) >= 11 is 1.80. The topological polar surface area (TPSA) is 58.5 Å². The molecule has 5 nitrogen and oxygen atoms in total. The number of rotatable bonds is 10. The van der Waals surface area contributed by atoms with Crippen molar-refractivity contribution < 1.29 is 4.74 Å². The highest BCUT2D eigenvalue weighted by Gasteiger charge is 2.02. The van der Waals surface area contributed by atoms with Crippen molar-refractivity contribution in [3.05, 3.63) is 45.9 Å². The predicted octanol–water partition coefficient (Wildman–Crippen LogP) is 4.06. The number of aromatic nitrogens is 1. The monoisotopic (exact) mass is 502 g/mol. The fourth-order valence-corrected chi connectivity index (χ4v) is 3.38. The molecule has 150 valence electrons. The summed E-state index contributed by atoms with van der Waals surface area (Å²) in [6, 6.07) is 8.24. The molecule has 1 aromatic carbocycles. The third-order valence-electron chi connectivity index (χ3n) is 3.98. The Balaban J connectivity index is 0.00000364. The van der Waals surface area contributed by atoms with E-state index in [1.807, 2.05) is 18.3 Å². The largest absolute Gasteiger partial charge is 0.497 e. The maximum atomic E-state index is 5.19. The number of hydrogen-bond donors (Lipinski definition) is 2. The average molecular weight is 502 g/mol. The van der Waals surface area contributed by atoms with Crippen LogP contribution in [0.3, 0.4) is 0 Å². The second-order valence-electron chi connectivity index (χ2n) is 5.96. The molecule has 0 spiro atoms. The molecule has 7 heteroatoms. The molecule has 0 radical (unpaired) electrons. The van der Waals surface area contributed by atoms with Gasteiger partial charge >= 0.3 is 0 Å². The van der Waals surface area contributed by atoms with Crippen molar-refractivity contribution in [1.29, 1.82) is 0 Å². The lowest BCUT2D eigenvalue weighted by molar-refractivity contribution is 0.414. The smallest absolute Gasteiger partial charge is 0.191 e. The van der Waals surface area contributed by atoms with Crippen LogP contribution in [0.5, 0.6) is 5.75 Å². The summed E-state index contributed by atoms with van der Waals surface area (Å²) in [4.78, 5) is 10.5. The third kappa shape index (κ3) is 8.92. The number of hydrogen-bond acceptors (Lipinski definition) is 4. The Bertz CT molecular complexity index is 673. The maximum Gasteiger partial charge on any atom is 0.191 e. The van der Waals surface area contributed by atoms with E-state index in [0.717, 1.165) is 57.0 Å². The molecule has 1 aromatic heterocycles. The van der Waals surface area contributed by atoms with Crippen LogP contribution in [-0.4, -0.2) is 37.7 Å². The number of guanidine groups is 1. The van der Waals surface area contributed by atoms with Crippen LogP contribution in [0.4, 0.5) is 0 Å². The van der Waals surface area contributed by atoms with Crippen molar-refractivity contribution in [1.82, 2.24) is 15.6 Å². The first kappa shape index (κ1) is 23.7. The van der Waals surface area contributed by atoms with Gasteiger partial charge in [-0.3, -0.25) is 4.99 Å². The lowest BCUT2D eigenvalue weighted by Gasteiger charge is -2.10. The third-order valence-corrected chi connectivity index (χ3v) is 5.18. The molecule has 0 saturated carbocycles. The Hall–Kier alpha value is -1.35. The van der Waals surface area contributed by atoms with E-state index in [1.165, 1.54) is 15.4 Å². The van der Waals surface area contributed by atoms with Crippen molar-refractivity contribution in [3.8, 4) is 5.75 Å². The number of nitrogens with one attached hydrogen (secondary N) is 2. The van der Waals surface area contributed by atoms with E-state index in [-0.39, 0.29) is 24.0 Å². The second-order valence-corrected chi connectivity index (χ2v) is 7.16. The summed E-state index contributed by atoms with van der Waals surface area (Å²) in [7, 11) is 1.69. The number of aryl methyl sites for hydroxylation is 2. The van der Waals surface area contributed by atoms with Gasteiger partial charge in [-0.15, -0.1) is 35.3 Å². The van der Waals surface area contributed by atoms with Crippen molar-refractivity contribution in [3.63, 3.8) is 0 Å². The molecule has 0 fully saturated rings. The number of methoxy groups -OCH3 is 1. The Kier molecular flexibility index (Phi) is 12.1. The zero-order chi connectivity index (χ0) is 18.6. The molecule has 0 aliphatic heterocycles. The Morgan fingerprint density at radius 2 is 1.93 bits per heavy atom. The molecule has 0 aliphatic rings. The summed E-state index contributed by atoms with van der Waals surface area (Å²) < 4.78 is 5.19. The van der Waals surface area contributed by atoms with E-state index < -0.39 is 0 Å². The van der Waals surface area contributed by atoms with Gasteiger partial charge in [-0.2, -0.15) is 0 Å². The van der Waals surface area contributed by atoms with Gasteiger partial charge in [0, 0.05) is 37.1 Å². The summed E-state index contributed by atoms with van der Waals surface area (Å²) in [6.45, 7) is 6.77. The van der Waals surface area contributed by atoms with Gasteiger partial charge in [-0.25, -0.2) is 4.98 Å². The first-order valence-electron chi connectivity index (χ1n) is 9.33. The van der Waals surface area contributed by atoms with Gasteiger partial charge in [0.05, 0.1) is 12.1 Å². The maximum absolute atomic E-state index is 5.19. The van der Waals surface area contributed by atoms with Crippen LogP contribution in [0.25, 0.3) is 0 Å². The zero-order valence-corrected chi connectivity index (χ0v) is 19.6.